The van der Waals surface area contributed by atoms with E-state index >= 15 is 0 Å². The van der Waals surface area contributed by atoms with Crippen LogP contribution < -0.4 is 16.0 Å². The van der Waals surface area contributed by atoms with Crippen molar-refractivity contribution in [1.82, 2.24) is 20.9 Å². The molecular formula is C24H36F2N4O6S. The number of amides is 3. The minimum absolute atomic E-state index is 0.0369. The van der Waals surface area contributed by atoms with Gasteiger partial charge in [-0.05, 0) is 38.5 Å². The normalized spacial score (nSPS) is 19.4. The molecule has 0 spiro atoms. The van der Waals surface area contributed by atoms with Crippen molar-refractivity contribution >= 4 is 34.8 Å². The lowest BCUT2D eigenvalue weighted by Gasteiger charge is -2.27. The number of epoxide rings is 1. The van der Waals surface area contributed by atoms with Gasteiger partial charge in [-0.1, -0.05) is 27.7 Å². The van der Waals surface area contributed by atoms with Gasteiger partial charge in [-0.15, -0.1) is 11.3 Å². The molecule has 3 amide bonds. The summed E-state index contributed by atoms with van der Waals surface area (Å²) in [5.41, 5.74) is -0.944. The summed E-state index contributed by atoms with van der Waals surface area (Å²) in [4.78, 5) is 55.9. The second-order valence-electron chi connectivity index (χ2n) is 10.1. The first-order valence-corrected chi connectivity index (χ1v) is 13.0. The molecule has 2 rings (SSSR count). The van der Waals surface area contributed by atoms with E-state index in [2.05, 4.69) is 25.7 Å². The summed E-state index contributed by atoms with van der Waals surface area (Å²) in [5.74, 6) is -2.35. The number of halogens is 2. The van der Waals surface area contributed by atoms with Crippen LogP contribution in [0.4, 0.5) is 8.78 Å². The number of carbonyl (C=O) groups is 4. The monoisotopic (exact) mass is 546 g/mol. The molecule has 0 radical (unpaired) electrons. The lowest BCUT2D eigenvalue weighted by Crippen LogP contribution is -2.58. The number of thiazole rings is 1. The zero-order chi connectivity index (χ0) is 27.9. The lowest BCUT2D eigenvalue weighted by molar-refractivity contribution is -0.144. The van der Waals surface area contributed by atoms with E-state index < -0.39 is 54.7 Å². The minimum Gasteiger partial charge on any atom is -0.361 e. The summed E-state index contributed by atoms with van der Waals surface area (Å²) in [6.07, 6.45) is 1.89. The Morgan fingerprint density at radius 3 is 2.05 bits per heavy atom. The third kappa shape index (κ3) is 9.71. The molecule has 0 aliphatic carbocycles. The van der Waals surface area contributed by atoms with Crippen molar-refractivity contribution < 1.29 is 37.4 Å². The Morgan fingerprint density at radius 2 is 1.57 bits per heavy atom. The summed E-state index contributed by atoms with van der Waals surface area (Å²) in [5, 5.41) is 8.26. The SMILES string of the molecule is Cc1ncc(C(=O)N[C@@H](COC(F)F)C(=O)N[C@@H](CC(C)C)C(=O)N[C@@H](CC(C)C)C(=O)[C@]2(C)CO2)s1. The minimum atomic E-state index is -3.17. The first kappa shape index (κ1) is 30.7. The number of hydrogen-bond acceptors (Lipinski definition) is 8. The molecule has 0 saturated carbocycles. The van der Waals surface area contributed by atoms with Crippen LogP contribution >= 0.6 is 11.3 Å². The number of carbonyl (C=O) groups excluding carboxylic acids is 4. The molecule has 13 heteroatoms. The third-order valence-corrected chi connectivity index (χ3v) is 6.55. The fraction of sp³-hybridized carbons (Fsp3) is 0.708. The van der Waals surface area contributed by atoms with Gasteiger partial charge in [0.05, 0.1) is 30.5 Å². The van der Waals surface area contributed by atoms with E-state index in [9.17, 15) is 28.0 Å². The van der Waals surface area contributed by atoms with Gasteiger partial charge < -0.3 is 25.4 Å². The maximum Gasteiger partial charge on any atom is 0.345 e. The molecule has 1 saturated heterocycles. The molecule has 4 atom stereocenters. The Bertz CT molecular complexity index is 967. The molecule has 208 valence electrons. The summed E-state index contributed by atoms with van der Waals surface area (Å²) in [6.45, 7) is 7.15. The Hall–Kier alpha value is -2.51. The molecule has 1 aliphatic rings. The van der Waals surface area contributed by atoms with Crippen LogP contribution in [-0.2, 0) is 23.9 Å². The molecule has 1 fully saturated rings. The Kier molecular flexibility index (Phi) is 11.1. The van der Waals surface area contributed by atoms with E-state index in [1.54, 1.807) is 13.8 Å². The van der Waals surface area contributed by atoms with Crippen LogP contribution in [0, 0.1) is 18.8 Å². The first-order valence-electron chi connectivity index (χ1n) is 12.1. The Balaban J connectivity index is 2.17. The van der Waals surface area contributed by atoms with Crippen molar-refractivity contribution in [1.29, 1.82) is 0 Å². The molecule has 1 aliphatic heterocycles. The molecule has 1 aromatic heterocycles. The smallest absolute Gasteiger partial charge is 0.345 e. The molecule has 37 heavy (non-hydrogen) atoms. The van der Waals surface area contributed by atoms with E-state index in [-0.39, 0.29) is 35.5 Å². The standard InChI is InChI=1S/C24H36F2N4O6S/c1-12(2)7-15(19(31)24(6)11-36-24)28-20(32)16(8-13(3)4)29-21(33)17(10-35-23(25)26)30-22(34)18-9-27-14(5)37-18/h9,12-13,15-17,23H,7-8,10-11H2,1-6H3,(H,28,32)(H,29,33)(H,30,34)/t15-,16-,17-,24-/m0/s1. The van der Waals surface area contributed by atoms with E-state index in [1.807, 2.05) is 27.7 Å². The Labute approximate surface area is 219 Å². The van der Waals surface area contributed by atoms with E-state index in [0.717, 1.165) is 11.3 Å². The van der Waals surface area contributed by atoms with Gasteiger partial charge in [0, 0.05) is 0 Å². The maximum absolute atomic E-state index is 13.2. The number of ether oxygens (including phenoxy) is 2. The van der Waals surface area contributed by atoms with Crippen molar-refractivity contribution in [3.05, 3.63) is 16.1 Å². The zero-order valence-electron chi connectivity index (χ0n) is 21.9. The highest BCUT2D eigenvalue weighted by atomic mass is 32.1. The quantitative estimate of drug-likeness (QED) is 0.287. The summed E-state index contributed by atoms with van der Waals surface area (Å²) < 4.78 is 35.0. The number of rotatable bonds is 15. The molecule has 10 nitrogen and oxygen atoms in total. The predicted octanol–water partition coefficient (Wildman–Crippen LogP) is 2.21. The number of hydrogen-bond donors (Lipinski definition) is 3. The van der Waals surface area contributed by atoms with Gasteiger partial charge in [-0.3, -0.25) is 19.2 Å². The average molecular weight is 547 g/mol. The molecular weight excluding hydrogens is 510 g/mol. The van der Waals surface area contributed by atoms with Crippen LogP contribution in [0.25, 0.3) is 0 Å². The van der Waals surface area contributed by atoms with Crippen LogP contribution in [0.3, 0.4) is 0 Å². The maximum atomic E-state index is 13.2. The van der Waals surface area contributed by atoms with Gasteiger partial charge in [-0.2, -0.15) is 8.78 Å². The van der Waals surface area contributed by atoms with Crippen molar-refractivity contribution in [2.75, 3.05) is 13.2 Å². The number of ketones is 1. The van der Waals surface area contributed by atoms with Gasteiger partial charge in [0.15, 0.2) is 5.78 Å². The van der Waals surface area contributed by atoms with Gasteiger partial charge in [0.2, 0.25) is 11.8 Å². The van der Waals surface area contributed by atoms with Crippen LogP contribution in [0.5, 0.6) is 0 Å². The predicted molar refractivity (Wildman–Crippen MR) is 132 cm³/mol. The van der Waals surface area contributed by atoms with Crippen molar-refractivity contribution in [2.24, 2.45) is 11.8 Å². The number of Topliss-reactive ketones (excluding diaryl/α,β-unsaturated/α-hetero) is 1. The van der Waals surface area contributed by atoms with Crippen LogP contribution in [-0.4, -0.2) is 72.0 Å². The van der Waals surface area contributed by atoms with E-state index in [4.69, 9.17) is 4.74 Å². The van der Waals surface area contributed by atoms with Crippen molar-refractivity contribution in [3.63, 3.8) is 0 Å². The van der Waals surface area contributed by atoms with Crippen LogP contribution in [0.1, 0.15) is 62.1 Å². The van der Waals surface area contributed by atoms with E-state index in [1.165, 1.54) is 6.20 Å². The number of alkyl halides is 2. The van der Waals surface area contributed by atoms with Crippen molar-refractivity contribution in [3.8, 4) is 0 Å². The molecule has 2 heterocycles. The fourth-order valence-electron chi connectivity index (χ4n) is 3.62. The highest BCUT2D eigenvalue weighted by Crippen LogP contribution is 2.29. The summed E-state index contributed by atoms with van der Waals surface area (Å²) >= 11 is 1.07. The average Bonchev–Trinajstić information content (AvgIpc) is 3.39. The van der Waals surface area contributed by atoms with Gasteiger partial charge in [0.1, 0.15) is 22.6 Å². The van der Waals surface area contributed by atoms with Gasteiger partial charge in [0.25, 0.3) is 5.91 Å². The third-order valence-electron chi connectivity index (χ3n) is 5.63. The number of aromatic nitrogens is 1. The molecule has 0 bridgehead atoms. The highest BCUT2D eigenvalue weighted by Gasteiger charge is 2.50. The van der Waals surface area contributed by atoms with E-state index in [0.29, 0.717) is 11.4 Å². The lowest BCUT2D eigenvalue weighted by atomic mass is 9.92. The van der Waals surface area contributed by atoms with Crippen LogP contribution in [0.2, 0.25) is 0 Å². The zero-order valence-corrected chi connectivity index (χ0v) is 22.7. The van der Waals surface area contributed by atoms with Crippen LogP contribution in [0.15, 0.2) is 6.20 Å². The molecule has 0 aromatic carbocycles. The second-order valence-corrected chi connectivity index (χ2v) is 11.4. The van der Waals surface area contributed by atoms with Gasteiger partial charge >= 0.3 is 6.61 Å². The topological polar surface area (TPSA) is 139 Å². The molecule has 3 N–H and O–H groups in total. The van der Waals surface area contributed by atoms with Gasteiger partial charge in [-0.25, -0.2) is 4.98 Å². The molecule has 0 unspecified atom stereocenters. The number of nitrogens with one attached hydrogen (secondary N) is 3. The first-order chi connectivity index (χ1) is 17.2. The second kappa shape index (κ2) is 13.3. The van der Waals surface area contributed by atoms with Crippen molar-refractivity contribution in [2.45, 2.75) is 84.7 Å². The summed E-state index contributed by atoms with van der Waals surface area (Å²) in [6, 6.07) is -3.41. The summed E-state index contributed by atoms with van der Waals surface area (Å²) in [7, 11) is 0. The fourth-order valence-corrected chi connectivity index (χ4v) is 4.30. The largest absolute Gasteiger partial charge is 0.361 e. The Morgan fingerprint density at radius 1 is 1.03 bits per heavy atom. The number of nitrogens with zero attached hydrogens (tertiary/aromatic N) is 1. The number of aryl methyl sites for hydroxylation is 1. The highest BCUT2D eigenvalue weighted by molar-refractivity contribution is 7.13. The molecule has 1 aromatic rings.